The zero-order valence-corrected chi connectivity index (χ0v) is 22.8. The van der Waals surface area contributed by atoms with Crippen LogP contribution in [0.4, 0.5) is 11.4 Å². The zero-order valence-electron chi connectivity index (χ0n) is 21.2. The first-order valence-electron chi connectivity index (χ1n) is 11.3. The SMILES string of the molecule is CC1(C)OC[C@@H](CO)O1.Cc1cc(N)cc(Br)n1.Cc1cc(N)cc(OC[C@@H]2COC(C)(C)O2)n1. The van der Waals surface area contributed by atoms with Crippen LogP contribution in [0.5, 0.6) is 5.88 Å². The van der Waals surface area contributed by atoms with E-state index in [-0.39, 0.29) is 18.8 Å². The molecule has 4 heterocycles. The van der Waals surface area contributed by atoms with E-state index in [0.717, 1.165) is 21.7 Å². The van der Waals surface area contributed by atoms with Crippen molar-refractivity contribution in [3.8, 4) is 5.88 Å². The molecule has 0 aromatic carbocycles. The highest BCUT2D eigenvalue weighted by Crippen LogP contribution is 2.23. The number of nitrogens with zero attached hydrogens (tertiary/aromatic N) is 2. The van der Waals surface area contributed by atoms with Gasteiger partial charge in [-0.3, -0.25) is 0 Å². The van der Waals surface area contributed by atoms with Gasteiger partial charge < -0.3 is 40.3 Å². The van der Waals surface area contributed by atoms with E-state index in [9.17, 15) is 0 Å². The molecule has 2 atom stereocenters. The molecule has 0 spiro atoms. The fourth-order valence-electron chi connectivity index (χ4n) is 3.27. The number of aryl methyl sites for hydroxylation is 2. The molecule has 196 valence electrons. The van der Waals surface area contributed by atoms with Gasteiger partial charge in [-0.25, -0.2) is 9.97 Å². The number of pyridine rings is 2. The van der Waals surface area contributed by atoms with Gasteiger partial charge in [-0.05, 0) is 75.7 Å². The normalized spacial score (nSPS) is 21.9. The number of rotatable bonds is 4. The average molecular weight is 557 g/mol. The summed E-state index contributed by atoms with van der Waals surface area (Å²) in [4.78, 5) is 8.30. The zero-order chi connectivity index (χ0) is 26.2. The summed E-state index contributed by atoms with van der Waals surface area (Å²) in [7, 11) is 0. The van der Waals surface area contributed by atoms with E-state index in [2.05, 4.69) is 25.9 Å². The number of aliphatic hydroxyl groups excluding tert-OH is 1. The minimum Gasteiger partial charge on any atom is -0.475 e. The van der Waals surface area contributed by atoms with Gasteiger partial charge in [0.05, 0.1) is 19.8 Å². The van der Waals surface area contributed by atoms with Crippen molar-refractivity contribution in [3.63, 3.8) is 0 Å². The summed E-state index contributed by atoms with van der Waals surface area (Å²) < 4.78 is 27.8. The van der Waals surface area contributed by atoms with Crippen LogP contribution in [-0.2, 0) is 18.9 Å². The highest BCUT2D eigenvalue weighted by molar-refractivity contribution is 9.10. The molecule has 0 saturated carbocycles. The number of hydrogen-bond acceptors (Lipinski definition) is 10. The molecule has 0 amide bonds. The van der Waals surface area contributed by atoms with Crippen LogP contribution in [0.3, 0.4) is 0 Å². The highest BCUT2D eigenvalue weighted by Gasteiger charge is 2.33. The lowest BCUT2D eigenvalue weighted by Gasteiger charge is -2.17. The Balaban J connectivity index is 0.000000203. The molecule has 0 unspecified atom stereocenters. The van der Waals surface area contributed by atoms with Crippen LogP contribution in [0, 0.1) is 13.8 Å². The third-order valence-electron chi connectivity index (χ3n) is 4.65. The van der Waals surface area contributed by atoms with Gasteiger partial charge in [0.15, 0.2) is 11.6 Å². The van der Waals surface area contributed by atoms with Gasteiger partial charge in [-0.1, -0.05) is 0 Å². The summed E-state index contributed by atoms with van der Waals surface area (Å²) in [5.74, 6) is -0.490. The van der Waals surface area contributed by atoms with Crippen molar-refractivity contribution < 1.29 is 28.8 Å². The fourth-order valence-corrected chi connectivity index (χ4v) is 3.81. The van der Waals surface area contributed by atoms with Crippen molar-refractivity contribution in [3.05, 3.63) is 40.3 Å². The van der Waals surface area contributed by atoms with Gasteiger partial charge in [-0.15, -0.1) is 0 Å². The highest BCUT2D eigenvalue weighted by atomic mass is 79.9. The Hall–Kier alpha value is -2.02. The summed E-state index contributed by atoms with van der Waals surface area (Å²) >= 11 is 3.22. The maximum Gasteiger partial charge on any atom is 0.215 e. The molecule has 2 fully saturated rings. The molecule has 0 radical (unpaired) electrons. The predicted molar refractivity (Wildman–Crippen MR) is 137 cm³/mol. The maximum absolute atomic E-state index is 8.59. The van der Waals surface area contributed by atoms with Gasteiger partial charge in [0.1, 0.15) is 23.4 Å². The maximum atomic E-state index is 8.59. The molecular weight excluding hydrogens is 520 g/mol. The van der Waals surface area contributed by atoms with Crippen molar-refractivity contribution >= 4 is 27.3 Å². The van der Waals surface area contributed by atoms with Gasteiger partial charge in [0, 0.05) is 28.8 Å². The molecule has 2 aromatic rings. The van der Waals surface area contributed by atoms with Gasteiger partial charge in [0.25, 0.3) is 0 Å². The Morgan fingerprint density at radius 2 is 1.43 bits per heavy atom. The number of anilines is 2. The van der Waals surface area contributed by atoms with E-state index < -0.39 is 11.6 Å². The minimum absolute atomic E-state index is 0.0451. The average Bonchev–Trinajstić information content (AvgIpc) is 3.26. The fraction of sp³-hybridized carbons (Fsp3) is 0.583. The number of halogens is 1. The van der Waals surface area contributed by atoms with Crippen molar-refractivity contribution in [2.45, 2.75) is 65.3 Å². The van der Waals surface area contributed by atoms with E-state index in [1.165, 1.54) is 0 Å². The topological polar surface area (TPSA) is 144 Å². The number of aliphatic hydroxyl groups is 1. The second-order valence-corrected chi connectivity index (χ2v) is 9.95. The number of nitrogens with two attached hydrogens (primary N) is 2. The molecule has 2 saturated heterocycles. The summed E-state index contributed by atoms with van der Waals surface area (Å²) in [6, 6.07) is 7.09. The molecule has 5 N–H and O–H groups in total. The summed E-state index contributed by atoms with van der Waals surface area (Å²) in [5, 5.41) is 8.59. The second-order valence-electron chi connectivity index (χ2n) is 9.14. The first-order valence-corrected chi connectivity index (χ1v) is 12.1. The van der Waals surface area contributed by atoms with Gasteiger partial charge in [0.2, 0.25) is 5.88 Å². The van der Waals surface area contributed by atoms with Crippen LogP contribution >= 0.6 is 15.9 Å². The van der Waals surface area contributed by atoms with Crippen molar-refractivity contribution in [1.29, 1.82) is 0 Å². The van der Waals surface area contributed by atoms with E-state index in [0.29, 0.717) is 31.4 Å². The number of ether oxygens (including phenoxy) is 5. The van der Waals surface area contributed by atoms with Crippen molar-refractivity contribution in [2.24, 2.45) is 0 Å². The van der Waals surface area contributed by atoms with Crippen LogP contribution in [-0.4, -0.2) is 65.3 Å². The van der Waals surface area contributed by atoms with Crippen LogP contribution in [0.1, 0.15) is 39.1 Å². The van der Waals surface area contributed by atoms with Crippen molar-refractivity contribution in [2.75, 3.05) is 37.9 Å². The van der Waals surface area contributed by atoms with E-state index >= 15 is 0 Å². The van der Waals surface area contributed by atoms with Crippen LogP contribution in [0.25, 0.3) is 0 Å². The molecule has 10 nitrogen and oxygen atoms in total. The quantitative estimate of drug-likeness (QED) is 0.479. The predicted octanol–water partition coefficient (Wildman–Crippen LogP) is 3.37. The van der Waals surface area contributed by atoms with Gasteiger partial charge in [-0.2, -0.15) is 0 Å². The lowest BCUT2D eigenvalue weighted by atomic mass is 10.3. The second kappa shape index (κ2) is 12.8. The van der Waals surface area contributed by atoms with Crippen LogP contribution in [0.2, 0.25) is 0 Å². The number of nitrogen functional groups attached to an aromatic ring is 2. The number of aromatic nitrogens is 2. The Bertz CT molecular complexity index is 889. The third kappa shape index (κ3) is 11.1. The molecule has 11 heteroatoms. The van der Waals surface area contributed by atoms with Crippen molar-refractivity contribution in [1.82, 2.24) is 9.97 Å². The summed E-state index contributed by atoms with van der Waals surface area (Å²) in [6.07, 6.45) is -0.187. The standard InChI is InChI=1S/C12H18N2O3.C6H7BrN2.C6H12O3/c1-8-4-9(13)5-11(14-8)15-6-10-7-16-12(2,3)17-10;1-4-2-5(8)3-6(7)9-4;1-6(2)8-4-5(3-7)9-6/h4-5,10H,6-7H2,1-3H3,(H2,13,14);2-3H,1H3,(H2,8,9);5,7H,3-4H2,1-2H3/t10-;;5-/m1.1/s1. The van der Waals surface area contributed by atoms with Crippen LogP contribution in [0.15, 0.2) is 28.9 Å². The molecule has 2 aliphatic rings. The van der Waals surface area contributed by atoms with E-state index in [1.807, 2.05) is 47.6 Å². The Morgan fingerprint density at radius 1 is 0.914 bits per heavy atom. The molecule has 2 aliphatic heterocycles. The Morgan fingerprint density at radius 3 is 1.83 bits per heavy atom. The third-order valence-corrected chi connectivity index (χ3v) is 5.06. The molecule has 0 bridgehead atoms. The lowest BCUT2D eigenvalue weighted by molar-refractivity contribution is -0.142. The molecule has 2 aromatic heterocycles. The summed E-state index contributed by atoms with van der Waals surface area (Å²) in [6.45, 7) is 12.7. The van der Waals surface area contributed by atoms with E-state index in [4.69, 9.17) is 40.3 Å². The largest absolute Gasteiger partial charge is 0.475 e. The smallest absolute Gasteiger partial charge is 0.215 e. The molecule has 35 heavy (non-hydrogen) atoms. The Kier molecular flexibility index (Phi) is 10.7. The van der Waals surface area contributed by atoms with Gasteiger partial charge >= 0.3 is 0 Å². The first kappa shape index (κ1) is 29.2. The summed E-state index contributed by atoms with van der Waals surface area (Å²) in [5.41, 5.74) is 14.4. The minimum atomic E-state index is -0.521. The van der Waals surface area contributed by atoms with Crippen LogP contribution < -0.4 is 16.2 Å². The Labute approximate surface area is 215 Å². The lowest BCUT2D eigenvalue weighted by Crippen LogP contribution is -2.25. The molecular formula is C24H37BrN4O6. The monoisotopic (exact) mass is 556 g/mol. The number of hydrogen-bond donors (Lipinski definition) is 3. The first-order chi connectivity index (χ1) is 16.3. The van der Waals surface area contributed by atoms with E-state index in [1.54, 1.807) is 18.2 Å². The molecule has 0 aliphatic carbocycles. The molecule has 4 rings (SSSR count).